The molecule has 0 saturated carbocycles. The van der Waals surface area contributed by atoms with E-state index in [2.05, 4.69) is 38.1 Å². The molecular weight excluding hydrogens is 234 g/mol. The Balaban J connectivity index is 2.53. The summed E-state index contributed by atoms with van der Waals surface area (Å²) in [4.78, 5) is 0. The van der Waals surface area contributed by atoms with Gasteiger partial charge < -0.3 is 4.74 Å². The largest absolute Gasteiger partial charge is 0.496 e. The minimum Gasteiger partial charge on any atom is -0.496 e. The molecule has 0 aliphatic heterocycles. The molecule has 0 bridgehead atoms. The SMILES string of the molecule is COc1cc(CC#N)ccc1-c1ccc(C)cc1C. The summed E-state index contributed by atoms with van der Waals surface area (Å²) in [7, 11) is 1.67. The second kappa shape index (κ2) is 5.58. The lowest BCUT2D eigenvalue weighted by molar-refractivity contribution is 0.416. The van der Waals surface area contributed by atoms with Crippen LogP contribution in [0.25, 0.3) is 11.1 Å². The van der Waals surface area contributed by atoms with Crippen LogP contribution in [0.3, 0.4) is 0 Å². The van der Waals surface area contributed by atoms with Gasteiger partial charge in [-0.3, -0.25) is 0 Å². The van der Waals surface area contributed by atoms with Gasteiger partial charge in [0, 0.05) is 5.56 Å². The first kappa shape index (κ1) is 13.2. The predicted molar refractivity (Wildman–Crippen MR) is 77.2 cm³/mol. The van der Waals surface area contributed by atoms with E-state index in [0.717, 1.165) is 16.9 Å². The third kappa shape index (κ3) is 2.77. The maximum absolute atomic E-state index is 8.75. The molecule has 2 nitrogen and oxygen atoms in total. The topological polar surface area (TPSA) is 33.0 Å². The molecule has 96 valence electrons. The van der Waals surface area contributed by atoms with Crippen molar-refractivity contribution in [2.75, 3.05) is 7.11 Å². The van der Waals surface area contributed by atoms with E-state index in [1.54, 1.807) is 7.11 Å². The molecule has 2 aromatic rings. The van der Waals surface area contributed by atoms with Crippen molar-refractivity contribution >= 4 is 0 Å². The normalized spacial score (nSPS) is 10.0. The highest BCUT2D eigenvalue weighted by atomic mass is 16.5. The average Bonchev–Trinajstić information content (AvgIpc) is 2.39. The summed E-state index contributed by atoms with van der Waals surface area (Å²) in [6.07, 6.45) is 0.406. The molecule has 0 N–H and O–H groups in total. The lowest BCUT2D eigenvalue weighted by Crippen LogP contribution is -1.92. The number of hydrogen-bond donors (Lipinski definition) is 0. The summed E-state index contributed by atoms with van der Waals surface area (Å²) in [5.41, 5.74) is 5.70. The van der Waals surface area contributed by atoms with E-state index in [1.165, 1.54) is 16.7 Å². The highest BCUT2D eigenvalue weighted by Gasteiger charge is 2.09. The maximum atomic E-state index is 8.75. The summed E-state index contributed by atoms with van der Waals surface area (Å²) >= 11 is 0. The van der Waals surface area contributed by atoms with Crippen LogP contribution in [0.2, 0.25) is 0 Å². The summed E-state index contributed by atoms with van der Waals surface area (Å²) in [5.74, 6) is 0.819. The molecule has 2 aromatic carbocycles. The number of nitrogens with zero attached hydrogens (tertiary/aromatic N) is 1. The lowest BCUT2D eigenvalue weighted by Gasteiger charge is -2.12. The molecule has 0 aliphatic carbocycles. The number of nitriles is 1. The molecule has 0 atom stereocenters. The number of benzene rings is 2. The fraction of sp³-hybridized carbons (Fsp3) is 0.235. The van der Waals surface area contributed by atoms with Crippen LogP contribution in [-0.4, -0.2) is 7.11 Å². The van der Waals surface area contributed by atoms with Gasteiger partial charge in [-0.2, -0.15) is 5.26 Å². The van der Waals surface area contributed by atoms with E-state index in [-0.39, 0.29) is 0 Å². The van der Waals surface area contributed by atoms with Crippen LogP contribution in [0.15, 0.2) is 36.4 Å². The van der Waals surface area contributed by atoms with E-state index >= 15 is 0 Å². The quantitative estimate of drug-likeness (QED) is 0.824. The number of aryl methyl sites for hydroxylation is 2. The lowest BCUT2D eigenvalue weighted by atomic mass is 9.96. The molecule has 2 rings (SSSR count). The second-order valence-electron chi connectivity index (χ2n) is 4.69. The fourth-order valence-corrected chi connectivity index (χ4v) is 2.28. The van der Waals surface area contributed by atoms with Crippen LogP contribution in [0, 0.1) is 25.2 Å². The van der Waals surface area contributed by atoms with Gasteiger partial charge in [-0.1, -0.05) is 35.9 Å². The van der Waals surface area contributed by atoms with Gasteiger partial charge in [0.05, 0.1) is 19.6 Å². The van der Waals surface area contributed by atoms with Gasteiger partial charge in [-0.05, 0) is 36.6 Å². The molecule has 0 spiro atoms. The van der Waals surface area contributed by atoms with E-state index in [9.17, 15) is 0 Å². The predicted octanol–water partition coefficient (Wildman–Crippen LogP) is 4.05. The van der Waals surface area contributed by atoms with E-state index < -0.39 is 0 Å². The molecule has 0 aromatic heterocycles. The Kier molecular flexibility index (Phi) is 3.87. The number of rotatable bonds is 3. The zero-order chi connectivity index (χ0) is 13.8. The number of hydrogen-bond acceptors (Lipinski definition) is 2. The molecule has 0 heterocycles. The van der Waals surface area contributed by atoms with E-state index in [0.29, 0.717) is 6.42 Å². The van der Waals surface area contributed by atoms with Crippen LogP contribution >= 0.6 is 0 Å². The van der Waals surface area contributed by atoms with Crippen molar-refractivity contribution in [3.05, 3.63) is 53.1 Å². The van der Waals surface area contributed by atoms with Crippen LogP contribution in [0.5, 0.6) is 5.75 Å². The van der Waals surface area contributed by atoms with Gasteiger partial charge >= 0.3 is 0 Å². The zero-order valence-corrected chi connectivity index (χ0v) is 11.5. The Hall–Kier alpha value is -2.27. The fourth-order valence-electron chi connectivity index (χ4n) is 2.28. The molecule has 0 saturated heterocycles. The number of methoxy groups -OCH3 is 1. The minimum atomic E-state index is 0.406. The molecule has 0 radical (unpaired) electrons. The van der Waals surface area contributed by atoms with Gasteiger partial charge in [-0.15, -0.1) is 0 Å². The molecule has 0 fully saturated rings. The van der Waals surface area contributed by atoms with Gasteiger partial charge in [0.15, 0.2) is 0 Å². The van der Waals surface area contributed by atoms with Crippen molar-refractivity contribution in [1.29, 1.82) is 5.26 Å². The van der Waals surface area contributed by atoms with Crippen molar-refractivity contribution in [2.45, 2.75) is 20.3 Å². The van der Waals surface area contributed by atoms with Gasteiger partial charge in [0.1, 0.15) is 5.75 Å². The molecule has 2 heteroatoms. The Morgan fingerprint density at radius 1 is 1.05 bits per heavy atom. The van der Waals surface area contributed by atoms with E-state index in [1.807, 2.05) is 18.2 Å². The zero-order valence-electron chi connectivity index (χ0n) is 11.5. The van der Waals surface area contributed by atoms with Gasteiger partial charge in [0.25, 0.3) is 0 Å². The third-order valence-corrected chi connectivity index (χ3v) is 3.22. The molecule has 0 amide bonds. The van der Waals surface area contributed by atoms with Crippen LogP contribution < -0.4 is 4.74 Å². The number of ether oxygens (including phenoxy) is 1. The monoisotopic (exact) mass is 251 g/mol. The Morgan fingerprint density at radius 3 is 2.42 bits per heavy atom. The van der Waals surface area contributed by atoms with Crippen molar-refractivity contribution in [3.8, 4) is 22.9 Å². The first-order chi connectivity index (χ1) is 9.15. The van der Waals surface area contributed by atoms with Crippen LogP contribution in [-0.2, 0) is 6.42 Å². The second-order valence-corrected chi connectivity index (χ2v) is 4.69. The first-order valence-corrected chi connectivity index (χ1v) is 6.27. The van der Waals surface area contributed by atoms with Crippen LogP contribution in [0.4, 0.5) is 0 Å². The molecule has 0 unspecified atom stereocenters. The molecule has 0 aliphatic rings. The Bertz CT molecular complexity index is 638. The van der Waals surface area contributed by atoms with Crippen LogP contribution in [0.1, 0.15) is 16.7 Å². The third-order valence-electron chi connectivity index (χ3n) is 3.22. The summed E-state index contributed by atoms with van der Waals surface area (Å²) in [6, 6.07) is 14.5. The average molecular weight is 251 g/mol. The Morgan fingerprint density at radius 2 is 1.79 bits per heavy atom. The van der Waals surface area contributed by atoms with E-state index in [4.69, 9.17) is 10.00 Å². The van der Waals surface area contributed by atoms with Gasteiger partial charge in [-0.25, -0.2) is 0 Å². The van der Waals surface area contributed by atoms with Crippen molar-refractivity contribution in [2.24, 2.45) is 0 Å². The molecule has 19 heavy (non-hydrogen) atoms. The van der Waals surface area contributed by atoms with Crippen molar-refractivity contribution in [1.82, 2.24) is 0 Å². The summed E-state index contributed by atoms with van der Waals surface area (Å²) in [6.45, 7) is 4.19. The summed E-state index contributed by atoms with van der Waals surface area (Å²) < 4.78 is 5.46. The standard InChI is InChI=1S/C17H17NO/c1-12-4-6-15(13(2)10-12)16-7-5-14(8-9-18)11-17(16)19-3/h4-7,10-11H,8H2,1-3H3. The highest BCUT2D eigenvalue weighted by molar-refractivity contribution is 5.74. The maximum Gasteiger partial charge on any atom is 0.127 e. The Labute approximate surface area is 114 Å². The van der Waals surface area contributed by atoms with Gasteiger partial charge in [0.2, 0.25) is 0 Å². The minimum absolute atomic E-state index is 0.406. The van der Waals surface area contributed by atoms with Crippen molar-refractivity contribution in [3.63, 3.8) is 0 Å². The summed E-state index contributed by atoms with van der Waals surface area (Å²) in [5, 5.41) is 8.75. The molecular formula is C17H17NO. The smallest absolute Gasteiger partial charge is 0.127 e. The highest BCUT2D eigenvalue weighted by Crippen LogP contribution is 2.33. The van der Waals surface area contributed by atoms with Crippen molar-refractivity contribution < 1.29 is 4.74 Å². The first-order valence-electron chi connectivity index (χ1n) is 6.27.